The van der Waals surface area contributed by atoms with Crippen molar-refractivity contribution in [2.45, 2.75) is 20.4 Å². The highest BCUT2D eigenvalue weighted by atomic mass is 79.9. The lowest BCUT2D eigenvalue weighted by Gasteiger charge is -2.16. The van der Waals surface area contributed by atoms with E-state index in [2.05, 4.69) is 21.2 Å². The Labute approximate surface area is 290 Å². The minimum atomic E-state index is -1.03. The highest BCUT2D eigenvalue weighted by molar-refractivity contribution is 9.10. The molecule has 0 aromatic heterocycles. The van der Waals surface area contributed by atoms with E-state index in [-0.39, 0.29) is 30.5 Å². The van der Waals surface area contributed by atoms with Crippen LogP contribution in [0.1, 0.15) is 34.0 Å². The Kier molecular flexibility index (Phi) is 11.2. The summed E-state index contributed by atoms with van der Waals surface area (Å²) in [6.45, 7) is 4.10. The summed E-state index contributed by atoms with van der Waals surface area (Å²) in [6.07, 6.45) is 1.74. The molecular formula is C36H32BrN3O7S. The molecule has 0 aliphatic carbocycles. The molecule has 12 heteroatoms. The van der Waals surface area contributed by atoms with E-state index in [9.17, 15) is 19.5 Å². The van der Waals surface area contributed by atoms with Gasteiger partial charge in [0.05, 0.1) is 40.9 Å². The van der Waals surface area contributed by atoms with Gasteiger partial charge in [-0.15, -0.1) is 0 Å². The number of carbonyl (C=O) groups is 3. The van der Waals surface area contributed by atoms with Gasteiger partial charge >= 0.3 is 5.97 Å². The fraction of sp³-hybridized carbons (Fsp3) is 0.167. The molecule has 0 saturated carbocycles. The Hall–Kier alpha value is -5.07. The molecule has 1 fully saturated rings. The van der Waals surface area contributed by atoms with Crippen molar-refractivity contribution < 1.29 is 33.7 Å². The molecule has 48 heavy (non-hydrogen) atoms. The Morgan fingerprint density at radius 3 is 2.35 bits per heavy atom. The molecule has 10 nitrogen and oxygen atoms in total. The van der Waals surface area contributed by atoms with Gasteiger partial charge in [-0.05, 0) is 119 Å². The Morgan fingerprint density at radius 1 is 1.00 bits per heavy atom. The fourth-order valence-electron chi connectivity index (χ4n) is 4.63. The average Bonchev–Trinajstić information content (AvgIpc) is 3.34. The molecule has 246 valence electrons. The number of benzene rings is 4. The van der Waals surface area contributed by atoms with Crippen molar-refractivity contribution in [3.8, 4) is 17.2 Å². The predicted molar refractivity (Wildman–Crippen MR) is 190 cm³/mol. The number of hydrogen-bond acceptors (Lipinski definition) is 8. The van der Waals surface area contributed by atoms with Gasteiger partial charge in [-0.3, -0.25) is 14.5 Å². The lowest BCUT2D eigenvalue weighted by atomic mass is 10.1. The second-order valence-electron chi connectivity index (χ2n) is 10.6. The van der Waals surface area contributed by atoms with Gasteiger partial charge in [0.2, 0.25) is 0 Å². The number of ether oxygens (including phenoxy) is 3. The van der Waals surface area contributed by atoms with E-state index in [1.807, 2.05) is 38.1 Å². The maximum atomic E-state index is 13.8. The zero-order valence-electron chi connectivity index (χ0n) is 26.4. The van der Waals surface area contributed by atoms with Crippen LogP contribution in [-0.4, -0.2) is 53.3 Å². The molecule has 2 amide bonds. The van der Waals surface area contributed by atoms with Crippen LogP contribution in [0.25, 0.3) is 6.08 Å². The minimum absolute atomic E-state index is 0.156. The molecule has 1 aliphatic rings. The van der Waals surface area contributed by atoms with E-state index >= 15 is 0 Å². The summed E-state index contributed by atoms with van der Waals surface area (Å²) in [4.78, 5) is 44.5. The fourth-order valence-corrected chi connectivity index (χ4v) is 6.20. The number of carboxylic acid groups (broad SMARTS) is 1. The molecule has 0 unspecified atom stereocenters. The highest BCUT2D eigenvalue weighted by Crippen LogP contribution is 2.40. The molecule has 2 N–H and O–H groups in total. The van der Waals surface area contributed by atoms with Gasteiger partial charge in [-0.1, -0.05) is 29.8 Å². The third kappa shape index (κ3) is 8.64. The number of aliphatic imine (C=N–C) groups is 1. The summed E-state index contributed by atoms with van der Waals surface area (Å²) in [5.41, 5.74) is 3.95. The largest absolute Gasteiger partial charge is 0.497 e. The number of aryl methyl sites for hydroxylation is 1. The number of nitrogens with zero attached hydrogens (tertiary/aromatic N) is 2. The number of carbonyl (C=O) groups excluding carboxylic acids is 2. The minimum Gasteiger partial charge on any atom is -0.497 e. The summed E-state index contributed by atoms with van der Waals surface area (Å²) in [5, 5.41) is 12.6. The first-order chi connectivity index (χ1) is 23.1. The number of aromatic carboxylic acids is 1. The van der Waals surface area contributed by atoms with Crippen LogP contribution < -0.4 is 19.5 Å². The summed E-state index contributed by atoms with van der Waals surface area (Å²) in [7, 11) is 1.58. The van der Waals surface area contributed by atoms with Gasteiger partial charge in [0.25, 0.3) is 11.8 Å². The van der Waals surface area contributed by atoms with Gasteiger partial charge in [0.15, 0.2) is 23.3 Å². The molecule has 0 bridgehead atoms. The van der Waals surface area contributed by atoms with Crippen molar-refractivity contribution in [1.82, 2.24) is 4.90 Å². The molecule has 4 aromatic carbocycles. The van der Waals surface area contributed by atoms with Crippen LogP contribution >= 0.6 is 27.7 Å². The van der Waals surface area contributed by atoms with E-state index in [0.717, 1.165) is 11.1 Å². The molecule has 0 radical (unpaired) electrons. The third-order valence-corrected chi connectivity index (χ3v) is 8.63. The quantitative estimate of drug-likeness (QED) is 0.142. The Balaban J connectivity index is 1.40. The van der Waals surface area contributed by atoms with Crippen molar-refractivity contribution in [2.24, 2.45) is 4.99 Å². The zero-order chi connectivity index (χ0) is 34.2. The van der Waals surface area contributed by atoms with E-state index in [1.165, 1.54) is 23.9 Å². The lowest BCUT2D eigenvalue weighted by Crippen LogP contribution is -2.28. The summed E-state index contributed by atoms with van der Waals surface area (Å²) in [6, 6.07) is 24.5. The first kappa shape index (κ1) is 34.3. The van der Waals surface area contributed by atoms with Crippen molar-refractivity contribution in [2.75, 3.05) is 25.6 Å². The number of anilines is 1. The monoisotopic (exact) mass is 729 g/mol. The normalized spacial score (nSPS) is 14.3. The molecule has 1 saturated heterocycles. The topological polar surface area (TPSA) is 127 Å². The second-order valence-corrected chi connectivity index (χ2v) is 12.4. The average molecular weight is 731 g/mol. The number of amidine groups is 1. The van der Waals surface area contributed by atoms with E-state index in [4.69, 9.17) is 19.2 Å². The second kappa shape index (κ2) is 15.7. The number of nitrogens with one attached hydrogen (secondary N) is 1. The van der Waals surface area contributed by atoms with Crippen LogP contribution in [0, 0.1) is 6.92 Å². The first-order valence-electron chi connectivity index (χ1n) is 14.9. The molecule has 5 rings (SSSR count). The van der Waals surface area contributed by atoms with Crippen LogP contribution in [-0.2, 0) is 16.1 Å². The summed E-state index contributed by atoms with van der Waals surface area (Å²) in [5.74, 6) is -0.178. The number of methoxy groups -OCH3 is 1. The van der Waals surface area contributed by atoms with Crippen LogP contribution in [0.5, 0.6) is 17.2 Å². The molecule has 1 heterocycles. The molecule has 0 spiro atoms. The van der Waals surface area contributed by atoms with E-state index < -0.39 is 5.97 Å². The predicted octanol–water partition coefficient (Wildman–Crippen LogP) is 7.68. The van der Waals surface area contributed by atoms with Crippen LogP contribution in [0.4, 0.5) is 11.4 Å². The molecule has 4 aromatic rings. The standard InChI is InChI=1S/C36H32BrN3O7S/c1-4-46-30-18-24(17-29(37)33(30)47-21-32(41)38-26-11-5-22(2)6-12-26)19-31-34(42)40(20-23-7-9-25(10-8-23)35(43)44)36(48-31)39-27-13-15-28(45-3)16-14-27/h5-19H,4,20-21H2,1-3H3,(H,38,41)(H,43,44)/b31-19-,39-36?. The number of halogens is 1. The number of hydrogen-bond donors (Lipinski definition) is 2. The number of rotatable bonds is 12. The van der Waals surface area contributed by atoms with Crippen molar-refractivity contribution in [3.63, 3.8) is 0 Å². The van der Waals surface area contributed by atoms with Crippen LogP contribution in [0.15, 0.2) is 99.3 Å². The van der Waals surface area contributed by atoms with Gasteiger partial charge in [-0.25, -0.2) is 9.79 Å². The van der Waals surface area contributed by atoms with Gasteiger partial charge in [0, 0.05) is 5.69 Å². The van der Waals surface area contributed by atoms with Crippen molar-refractivity contribution in [3.05, 3.63) is 117 Å². The van der Waals surface area contributed by atoms with Crippen LogP contribution in [0.2, 0.25) is 0 Å². The maximum Gasteiger partial charge on any atom is 0.335 e. The Bertz CT molecular complexity index is 1880. The highest BCUT2D eigenvalue weighted by Gasteiger charge is 2.34. The maximum absolute atomic E-state index is 13.8. The smallest absolute Gasteiger partial charge is 0.335 e. The summed E-state index contributed by atoms with van der Waals surface area (Å²) < 4.78 is 17.5. The van der Waals surface area contributed by atoms with Gasteiger partial charge < -0.3 is 24.6 Å². The lowest BCUT2D eigenvalue weighted by molar-refractivity contribution is -0.122. The molecule has 1 aliphatic heterocycles. The van der Waals surface area contributed by atoms with Crippen molar-refractivity contribution >= 4 is 68.1 Å². The number of carboxylic acids is 1. The van der Waals surface area contributed by atoms with E-state index in [1.54, 1.807) is 66.6 Å². The van der Waals surface area contributed by atoms with E-state index in [0.29, 0.717) is 55.3 Å². The van der Waals surface area contributed by atoms with Crippen LogP contribution in [0.3, 0.4) is 0 Å². The number of amides is 2. The van der Waals surface area contributed by atoms with Gasteiger partial charge in [0.1, 0.15) is 5.75 Å². The SMILES string of the molecule is CCOc1cc(/C=C2\SC(=Nc3ccc(OC)cc3)N(Cc3ccc(C(=O)O)cc3)C2=O)cc(Br)c1OCC(=O)Nc1ccc(C)cc1. The van der Waals surface area contributed by atoms with Crippen molar-refractivity contribution in [1.29, 1.82) is 0 Å². The number of thioether (sulfide) groups is 1. The molecular weight excluding hydrogens is 698 g/mol. The summed E-state index contributed by atoms with van der Waals surface area (Å²) >= 11 is 4.77. The molecule has 0 atom stereocenters. The first-order valence-corrected chi connectivity index (χ1v) is 16.5. The third-order valence-electron chi connectivity index (χ3n) is 7.04. The Morgan fingerprint density at radius 2 is 1.71 bits per heavy atom. The van der Waals surface area contributed by atoms with Gasteiger partial charge in [-0.2, -0.15) is 0 Å². The zero-order valence-corrected chi connectivity index (χ0v) is 28.8.